The van der Waals surface area contributed by atoms with Crippen molar-refractivity contribution in [3.8, 4) is 11.1 Å². The summed E-state index contributed by atoms with van der Waals surface area (Å²) in [7, 11) is 0. The van der Waals surface area contributed by atoms with Gasteiger partial charge < -0.3 is 15.2 Å². The smallest absolute Gasteiger partial charge is 0.279 e. The number of amides is 5. The first-order valence-electron chi connectivity index (χ1n) is 20.3. The lowest BCUT2D eigenvalue weighted by molar-refractivity contribution is -0.136. The summed E-state index contributed by atoms with van der Waals surface area (Å²) in [4.78, 5) is 79.2. The van der Waals surface area contributed by atoms with E-state index in [9.17, 15) is 24.0 Å². The summed E-state index contributed by atoms with van der Waals surface area (Å²) in [6, 6.07) is 16.8. The number of H-pyrrole nitrogens is 1. The van der Waals surface area contributed by atoms with Crippen LogP contribution in [0.2, 0.25) is 0 Å². The molecule has 5 amide bonds. The third-order valence-corrected chi connectivity index (χ3v) is 12.0. The molecule has 9 rings (SSSR count). The lowest BCUT2D eigenvalue weighted by atomic mass is 10.0. The molecule has 3 aromatic carbocycles. The first-order valence-corrected chi connectivity index (χ1v) is 20.3. The highest BCUT2D eigenvalue weighted by molar-refractivity contribution is 6.25. The number of benzene rings is 3. The van der Waals surface area contributed by atoms with E-state index in [2.05, 4.69) is 32.5 Å². The maximum absolute atomic E-state index is 15.5. The van der Waals surface area contributed by atoms with Crippen LogP contribution in [0.3, 0.4) is 0 Å². The third kappa shape index (κ3) is 7.77. The van der Waals surface area contributed by atoms with Gasteiger partial charge in [0, 0.05) is 61.7 Å². The molecule has 2 atom stereocenters. The Labute approximate surface area is 343 Å². The maximum atomic E-state index is 15.5. The minimum atomic E-state index is -3.11. The summed E-state index contributed by atoms with van der Waals surface area (Å²) < 4.78 is 32.2. The van der Waals surface area contributed by atoms with Crippen LogP contribution in [0.25, 0.3) is 22.2 Å². The Bertz CT molecular complexity index is 2510. The number of halogens is 2. The Kier molecular flexibility index (Phi) is 10.2. The molecule has 3 N–H and O–H groups in total. The molecule has 4 aliphatic rings. The molecule has 0 bridgehead atoms. The van der Waals surface area contributed by atoms with E-state index in [4.69, 9.17) is 4.98 Å². The van der Waals surface area contributed by atoms with Crippen LogP contribution in [0.1, 0.15) is 69.5 Å². The lowest BCUT2D eigenvalue weighted by Gasteiger charge is -2.38. The van der Waals surface area contributed by atoms with Gasteiger partial charge in [-0.1, -0.05) is 18.2 Å². The van der Waals surface area contributed by atoms with Gasteiger partial charge in [-0.05, 0) is 80.8 Å². The molecule has 0 radical (unpaired) electrons. The standard InChI is InChI=1S/C43H44F2N10O5/c1-26-4-3-15-53(26)23-36-48-32-12-11-30(20-33(32)49-36)47-39(57)28-9-7-27(8-10-28)29-21-46-54(22-29)25-43(44,45)24-51-16-18-52(19-17-51)34-6-2-5-31-38(34)42(60)55(41(31)59)35-13-14-37(56)50-40(35)58/h2,5-12,20-22,26,35H,3-4,13-19,23-25H2,1H3,(H,47,57)(H,48,49)(H,50,56,58)/t26-,35?/m0/s1. The van der Waals surface area contributed by atoms with Crippen LogP contribution >= 0.6 is 0 Å². The number of carbonyl (C=O) groups is 5. The molecule has 1 unspecified atom stereocenters. The van der Waals surface area contributed by atoms with Gasteiger partial charge in [-0.25, -0.2) is 13.8 Å². The van der Waals surface area contributed by atoms with Crippen molar-refractivity contribution < 1.29 is 32.8 Å². The van der Waals surface area contributed by atoms with E-state index < -0.39 is 48.7 Å². The molecule has 4 aliphatic heterocycles. The number of aromatic nitrogens is 4. The average Bonchev–Trinajstić information content (AvgIpc) is 4.02. The number of hydrogen-bond acceptors (Lipinski definition) is 10. The zero-order valence-corrected chi connectivity index (χ0v) is 33.0. The fraction of sp³-hybridized carbons (Fsp3) is 0.372. The van der Waals surface area contributed by atoms with Crippen molar-refractivity contribution in [2.45, 2.75) is 63.7 Å². The molecule has 0 aliphatic carbocycles. The van der Waals surface area contributed by atoms with Crippen molar-refractivity contribution in [2.24, 2.45) is 0 Å². The highest BCUT2D eigenvalue weighted by Crippen LogP contribution is 2.35. The van der Waals surface area contributed by atoms with E-state index in [1.165, 1.54) is 29.8 Å². The molecule has 60 heavy (non-hydrogen) atoms. The first kappa shape index (κ1) is 39.1. The summed E-state index contributed by atoms with van der Waals surface area (Å²) in [6.07, 6.45) is 5.54. The van der Waals surface area contributed by atoms with Crippen LogP contribution < -0.4 is 15.5 Å². The van der Waals surface area contributed by atoms with Gasteiger partial charge in [-0.2, -0.15) is 5.10 Å². The molecule has 2 aromatic heterocycles. The van der Waals surface area contributed by atoms with Crippen molar-refractivity contribution in [3.05, 3.63) is 95.6 Å². The zero-order chi connectivity index (χ0) is 41.7. The van der Waals surface area contributed by atoms with Crippen LogP contribution in [0.4, 0.5) is 20.2 Å². The topological polar surface area (TPSA) is 169 Å². The molecule has 0 spiro atoms. The number of likely N-dealkylation sites (tertiary alicyclic amines) is 1. The van der Waals surface area contributed by atoms with Gasteiger partial charge >= 0.3 is 0 Å². The molecule has 0 saturated carbocycles. The summed E-state index contributed by atoms with van der Waals surface area (Å²) >= 11 is 0. The first-order chi connectivity index (χ1) is 28.9. The van der Waals surface area contributed by atoms with E-state index in [-0.39, 0.29) is 29.9 Å². The monoisotopic (exact) mass is 818 g/mol. The van der Waals surface area contributed by atoms with Crippen LogP contribution in [0.5, 0.6) is 0 Å². The molecule has 3 fully saturated rings. The summed E-state index contributed by atoms with van der Waals surface area (Å²) in [6.45, 7) is 4.18. The van der Waals surface area contributed by atoms with Gasteiger partial charge in [0.25, 0.3) is 23.6 Å². The lowest BCUT2D eigenvalue weighted by Crippen LogP contribution is -2.54. The second-order valence-corrected chi connectivity index (χ2v) is 16.1. The molecule has 15 nitrogen and oxygen atoms in total. The minimum absolute atomic E-state index is 0.0202. The minimum Gasteiger partial charge on any atom is -0.368 e. The molecular weight excluding hydrogens is 775 g/mol. The van der Waals surface area contributed by atoms with Crippen LogP contribution in [0, 0.1) is 0 Å². The number of aromatic amines is 1. The normalized spacial score (nSPS) is 20.3. The van der Waals surface area contributed by atoms with Gasteiger partial charge in [-0.15, -0.1) is 0 Å². The molecule has 17 heteroatoms. The molecular formula is C43H44F2N10O5. The quantitative estimate of drug-likeness (QED) is 0.161. The SMILES string of the molecule is C[C@H]1CCCN1Cc1nc2ccc(NC(=O)c3ccc(-c4cnn(CC(F)(F)CN5CCN(c6cccc7c6C(=O)N(C6CCC(=O)NC6=O)C7=O)CC5)c4)cc3)cc2[nH]1. The van der Waals surface area contributed by atoms with Gasteiger partial charge in [-0.3, -0.25) is 48.7 Å². The Balaban J connectivity index is 0.775. The predicted molar refractivity (Wildman–Crippen MR) is 218 cm³/mol. The van der Waals surface area contributed by atoms with Crippen LogP contribution in [0.15, 0.2) is 73.1 Å². The van der Waals surface area contributed by atoms with E-state index in [1.54, 1.807) is 47.5 Å². The van der Waals surface area contributed by atoms with Gasteiger partial charge in [0.1, 0.15) is 18.4 Å². The van der Waals surface area contributed by atoms with Crippen molar-refractivity contribution in [2.75, 3.05) is 49.5 Å². The number of nitrogens with one attached hydrogen (secondary N) is 3. The van der Waals surface area contributed by atoms with Crippen LogP contribution in [-0.2, 0) is 22.7 Å². The number of hydrogen-bond donors (Lipinski definition) is 3. The number of carbonyl (C=O) groups excluding carboxylic acids is 5. The highest BCUT2D eigenvalue weighted by atomic mass is 19.3. The fourth-order valence-corrected chi connectivity index (χ4v) is 8.77. The van der Waals surface area contributed by atoms with Gasteiger partial charge in [0.15, 0.2) is 0 Å². The predicted octanol–water partition coefficient (Wildman–Crippen LogP) is 4.52. The molecule has 3 saturated heterocycles. The molecule has 5 aromatic rings. The molecule has 6 heterocycles. The third-order valence-electron chi connectivity index (χ3n) is 12.0. The summed E-state index contributed by atoms with van der Waals surface area (Å²) in [5.41, 5.74) is 4.99. The van der Waals surface area contributed by atoms with Gasteiger partial charge in [0.05, 0.1) is 47.1 Å². The van der Waals surface area contributed by atoms with Gasteiger partial charge in [0.2, 0.25) is 11.8 Å². The van der Waals surface area contributed by atoms with E-state index in [0.717, 1.165) is 40.4 Å². The van der Waals surface area contributed by atoms with E-state index in [1.807, 2.05) is 23.1 Å². The number of anilines is 2. The highest BCUT2D eigenvalue weighted by Gasteiger charge is 2.46. The Hall–Kier alpha value is -6.33. The zero-order valence-electron chi connectivity index (χ0n) is 33.0. The Morgan fingerprint density at radius 2 is 1.72 bits per heavy atom. The number of fused-ring (bicyclic) bond motifs is 2. The van der Waals surface area contributed by atoms with Crippen molar-refractivity contribution in [1.29, 1.82) is 0 Å². The van der Waals surface area contributed by atoms with E-state index in [0.29, 0.717) is 54.7 Å². The Morgan fingerprint density at radius 1 is 0.917 bits per heavy atom. The second kappa shape index (κ2) is 15.7. The number of piperidine rings is 1. The van der Waals surface area contributed by atoms with E-state index >= 15 is 8.78 Å². The number of alkyl halides is 2. The number of rotatable bonds is 11. The van der Waals surface area contributed by atoms with Crippen molar-refractivity contribution in [3.63, 3.8) is 0 Å². The average molecular weight is 819 g/mol. The number of piperazine rings is 1. The summed E-state index contributed by atoms with van der Waals surface area (Å²) in [5.74, 6) is -4.83. The van der Waals surface area contributed by atoms with Crippen molar-refractivity contribution in [1.82, 2.24) is 39.8 Å². The Morgan fingerprint density at radius 3 is 2.47 bits per heavy atom. The largest absolute Gasteiger partial charge is 0.368 e. The second-order valence-electron chi connectivity index (χ2n) is 16.1. The molecule has 310 valence electrons. The fourth-order valence-electron chi connectivity index (χ4n) is 8.77. The van der Waals surface area contributed by atoms with Crippen molar-refractivity contribution >= 4 is 51.9 Å². The maximum Gasteiger partial charge on any atom is 0.279 e. The summed E-state index contributed by atoms with van der Waals surface area (Å²) in [5, 5.41) is 9.35. The number of imidazole rings is 1. The number of nitrogens with zero attached hydrogens (tertiary/aromatic N) is 7. The number of imide groups is 2. The van der Waals surface area contributed by atoms with Crippen LogP contribution in [-0.4, -0.2) is 121 Å².